The maximum Gasteiger partial charge on any atom is 0.0488 e. The van der Waals surface area contributed by atoms with Crippen LogP contribution in [0.5, 0.6) is 0 Å². The van der Waals surface area contributed by atoms with Crippen molar-refractivity contribution in [3.05, 3.63) is 35.4 Å². The number of hydrogen-bond acceptors (Lipinski definition) is 2. The zero-order valence-corrected chi connectivity index (χ0v) is 11.6. The summed E-state index contributed by atoms with van der Waals surface area (Å²) in [5, 5.41) is 0. The van der Waals surface area contributed by atoms with Crippen LogP contribution in [0.4, 0.5) is 0 Å². The highest BCUT2D eigenvalue weighted by Gasteiger charge is 2.36. The number of fused-ring (bicyclic) bond motifs is 1. The van der Waals surface area contributed by atoms with Gasteiger partial charge in [-0.25, -0.2) is 0 Å². The van der Waals surface area contributed by atoms with Crippen LogP contribution < -0.4 is 5.73 Å². The second-order valence-corrected chi connectivity index (χ2v) is 5.86. The third kappa shape index (κ3) is 2.76. The number of hydrogen-bond donors (Lipinski definition) is 1. The van der Waals surface area contributed by atoms with Crippen molar-refractivity contribution >= 4 is 0 Å². The maximum absolute atomic E-state index is 6.07. The molecule has 100 valence electrons. The molecular weight excluding hydrogens is 222 g/mol. The van der Waals surface area contributed by atoms with Gasteiger partial charge in [0.05, 0.1) is 0 Å². The van der Waals surface area contributed by atoms with E-state index in [9.17, 15) is 0 Å². The third-order valence-electron chi connectivity index (χ3n) is 4.03. The van der Waals surface area contributed by atoms with Gasteiger partial charge in [0, 0.05) is 25.2 Å². The van der Waals surface area contributed by atoms with Gasteiger partial charge in [-0.05, 0) is 36.3 Å². The molecule has 2 heteroatoms. The fourth-order valence-electron chi connectivity index (χ4n) is 2.92. The lowest BCUT2D eigenvalue weighted by Gasteiger charge is -2.29. The van der Waals surface area contributed by atoms with Crippen molar-refractivity contribution in [2.24, 2.45) is 11.7 Å². The van der Waals surface area contributed by atoms with E-state index in [1.54, 1.807) is 0 Å². The molecule has 1 aromatic carbocycles. The number of rotatable bonds is 6. The average molecular weight is 247 g/mol. The highest BCUT2D eigenvalue weighted by atomic mass is 16.5. The van der Waals surface area contributed by atoms with Crippen LogP contribution in [-0.4, -0.2) is 19.8 Å². The summed E-state index contributed by atoms with van der Waals surface area (Å²) in [5.41, 5.74) is 9.17. The molecule has 0 spiro atoms. The van der Waals surface area contributed by atoms with Crippen LogP contribution in [0, 0.1) is 5.92 Å². The molecule has 2 nitrogen and oxygen atoms in total. The Hall–Kier alpha value is -0.860. The standard InChI is InChI=1S/C16H25NO/c1-13(2)11-18-10-9-16(12-17)8-7-14-5-3-4-6-15(14)16/h3-6,13H,7-12,17H2,1-2H3. The molecule has 1 aliphatic carbocycles. The first-order valence-electron chi connectivity index (χ1n) is 7.04. The molecule has 1 unspecified atom stereocenters. The molecule has 0 aliphatic heterocycles. The molecule has 0 aromatic heterocycles. The quantitative estimate of drug-likeness (QED) is 0.785. The van der Waals surface area contributed by atoms with E-state index in [0.29, 0.717) is 5.92 Å². The van der Waals surface area contributed by atoms with Crippen molar-refractivity contribution in [1.82, 2.24) is 0 Å². The molecule has 0 saturated carbocycles. The molecule has 0 fully saturated rings. The van der Waals surface area contributed by atoms with Gasteiger partial charge in [-0.1, -0.05) is 38.1 Å². The lowest BCUT2D eigenvalue weighted by atomic mass is 9.79. The summed E-state index contributed by atoms with van der Waals surface area (Å²) in [4.78, 5) is 0. The zero-order valence-electron chi connectivity index (χ0n) is 11.6. The summed E-state index contributed by atoms with van der Waals surface area (Å²) in [5.74, 6) is 0.606. The zero-order chi connectivity index (χ0) is 13.0. The average Bonchev–Trinajstić information content (AvgIpc) is 2.75. The predicted molar refractivity (Wildman–Crippen MR) is 75.8 cm³/mol. The number of aryl methyl sites for hydroxylation is 1. The molecule has 0 radical (unpaired) electrons. The van der Waals surface area contributed by atoms with Crippen molar-refractivity contribution < 1.29 is 4.74 Å². The minimum Gasteiger partial charge on any atom is -0.381 e. The van der Waals surface area contributed by atoms with Gasteiger partial charge in [0.15, 0.2) is 0 Å². The Morgan fingerprint density at radius 3 is 2.83 bits per heavy atom. The van der Waals surface area contributed by atoms with E-state index in [1.807, 2.05) is 0 Å². The molecule has 0 heterocycles. The van der Waals surface area contributed by atoms with Crippen LogP contribution in [0.25, 0.3) is 0 Å². The smallest absolute Gasteiger partial charge is 0.0488 e. The Balaban J connectivity index is 2.00. The predicted octanol–water partition coefficient (Wildman–Crippen LogP) is 2.89. The topological polar surface area (TPSA) is 35.2 Å². The lowest BCUT2D eigenvalue weighted by Crippen LogP contribution is -2.34. The van der Waals surface area contributed by atoms with E-state index in [-0.39, 0.29) is 5.41 Å². The maximum atomic E-state index is 6.07. The van der Waals surface area contributed by atoms with Gasteiger partial charge < -0.3 is 10.5 Å². The lowest BCUT2D eigenvalue weighted by molar-refractivity contribution is 0.0930. The van der Waals surface area contributed by atoms with Gasteiger partial charge in [-0.2, -0.15) is 0 Å². The second-order valence-electron chi connectivity index (χ2n) is 5.86. The monoisotopic (exact) mass is 247 g/mol. The molecule has 1 aromatic rings. The Bertz CT molecular complexity index is 388. The van der Waals surface area contributed by atoms with E-state index in [0.717, 1.165) is 32.6 Å². The van der Waals surface area contributed by atoms with Crippen molar-refractivity contribution in [2.75, 3.05) is 19.8 Å². The molecule has 0 saturated heterocycles. The molecule has 18 heavy (non-hydrogen) atoms. The fourth-order valence-corrected chi connectivity index (χ4v) is 2.92. The van der Waals surface area contributed by atoms with Gasteiger partial charge in [0.2, 0.25) is 0 Å². The van der Waals surface area contributed by atoms with Crippen molar-refractivity contribution in [3.63, 3.8) is 0 Å². The second kappa shape index (κ2) is 5.85. The van der Waals surface area contributed by atoms with Crippen LogP contribution in [0.1, 0.15) is 37.8 Å². The van der Waals surface area contributed by atoms with Crippen LogP contribution in [0.3, 0.4) is 0 Å². The summed E-state index contributed by atoms with van der Waals surface area (Å²) in [7, 11) is 0. The van der Waals surface area contributed by atoms with Gasteiger partial charge in [0.1, 0.15) is 0 Å². The highest BCUT2D eigenvalue weighted by Crippen LogP contribution is 2.40. The Morgan fingerprint density at radius 2 is 2.11 bits per heavy atom. The minimum absolute atomic E-state index is 0.160. The summed E-state index contributed by atoms with van der Waals surface area (Å²) in [6.07, 6.45) is 3.39. The first kappa shape index (κ1) is 13.6. The summed E-state index contributed by atoms with van der Waals surface area (Å²) < 4.78 is 5.74. The molecule has 1 atom stereocenters. The van der Waals surface area contributed by atoms with E-state index in [2.05, 4.69) is 38.1 Å². The van der Waals surface area contributed by atoms with E-state index in [4.69, 9.17) is 10.5 Å². The number of ether oxygens (including phenoxy) is 1. The van der Waals surface area contributed by atoms with Crippen molar-refractivity contribution in [2.45, 2.75) is 38.5 Å². The Labute approximate surface area is 111 Å². The molecular formula is C16H25NO. The van der Waals surface area contributed by atoms with Gasteiger partial charge in [-0.3, -0.25) is 0 Å². The molecule has 2 rings (SSSR count). The normalized spacial score (nSPS) is 22.4. The number of nitrogens with two attached hydrogens (primary N) is 1. The number of benzene rings is 1. The van der Waals surface area contributed by atoms with Crippen LogP contribution in [0.15, 0.2) is 24.3 Å². The fraction of sp³-hybridized carbons (Fsp3) is 0.625. The first-order valence-corrected chi connectivity index (χ1v) is 7.04. The summed E-state index contributed by atoms with van der Waals surface area (Å²) in [6, 6.07) is 8.74. The van der Waals surface area contributed by atoms with Gasteiger partial charge >= 0.3 is 0 Å². The SMILES string of the molecule is CC(C)COCCC1(CN)CCc2ccccc21. The Kier molecular flexibility index (Phi) is 4.41. The van der Waals surface area contributed by atoms with Crippen molar-refractivity contribution in [3.8, 4) is 0 Å². The van der Waals surface area contributed by atoms with Crippen LogP contribution in [0.2, 0.25) is 0 Å². The summed E-state index contributed by atoms with van der Waals surface area (Å²) >= 11 is 0. The van der Waals surface area contributed by atoms with E-state index in [1.165, 1.54) is 17.5 Å². The van der Waals surface area contributed by atoms with E-state index < -0.39 is 0 Å². The van der Waals surface area contributed by atoms with Crippen LogP contribution >= 0.6 is 0 Å². The van der Waals surface area contributed by atoms with Crippen molar-refractivity contribution in [1.29, 1.82) is 0 Å². The molecule has 0 bridgehead atoms. The molecule has 2 N–H and O–H groups in total. The largest absolute Gasteiger partial charge is 0.381 e. The highest BCUT2D eigenvalue weighted by molar-refractivity contribution is 5.39. The molecule has 1 aliphatic rings. The first-order chi connectivity index (χ1) is 8.68. The van der Waals surface area contributed by atoms with E-state index >= 15 is 0 Å². The Morgan fingerprint density at radius 1 is 1.33 bits per heavy atom. The van der Waals surface area contributed by atoms with Gasteiger partial charge in [0.25, 0.3) is 0 Å². The summed E-state index contributed by atoms with van der Waals surface area (Å²) in [6.45, 7) is 6.77. The molecule has 0 amide bonds. The minimum atomic E-state index is 0.160. The third-order valence-corrected chi connectivity index (χ3v) is 4.03. The van der Waals surface area contributed by atoms with Gasteiger partial charge in [-0.15, -0.1) is 0 Å². The van der Waals surface area contributed by atoms with Crippen LogP contribution in [-0.2, 0) is 16.6 Å².